The van der Waals surface area contributed by atoms with E-state index in [4.69, 9.17) is 0 Å². The number of aromatic hydroxyl groups is 1. The topological polar surface area (TPSA) is 65.1 Å². The summed E-state index contributed by atoms with van der Waals surface area (Å²) in [5, 5.41) is 13.5. The lowest BCUT2D eigenvalue weighted by Gasteiger charge is -2.05. The molecule has 3 N–H and O–H groups in total. The average molecular weight is 294 g/mol. The van der Waals surface area contributed by atoms with Crippen molar-refractivity contribution in [3.8, 4) is 5.75 Å². The van der Waals surface area contributed by atoms with Crippen molar-refractivity contribution in [3.05, 3.63) is 65.9 Å². The zero-order chi connectivity index (χ0) is 15.4. The molecule has 0 aliphatic heterocycles. The van der Waals surface area contributed by atoms with Crippen molar-refractivity contribution in [2.45, 2.75) is 12.8 Å². The summed E-state index contributed by atoms with van der Waals surface area (Å²) in [5.74, 6) is 0.278. The monoisotopic (exact) mass is 294 g/mol. The number of carbonyl (C=O) groups is 1. The predicted molar refractivity (Wildman–Crippen MR) is 86.8 cm³/mol. The third kappa shape index (κ3) is 3.28. The average Bonchev–Trinajstić information content (AvgIpc) is 2.90. The van der Waals surface area contributed by atoms with Crippen LogP contribution in [0.1, 0.15) is 11.1 Å². The molecule has 0 aliphatic rings. The Kier molecular flexibility index (Phi) is 4.10. The van der Waals surface area contributed by atoms with Gasteiger partial charge in [0.25, 0.3) is 0 Å². The number of aromatic amines is 1. The van der Waals surface area contributed by atoms with Gasteiger partial charge in [-0.1, -0.05) is 30.3 Å². The number of phenolic OH excluding ortho intramolecular Hbond substituents is 1. The summed E-state index contributed by atoms with van der Waals surface area (Å²) in [6, 6.07) is 15.0. The number of phenols is 1. The van der Waals surface area contributed by atoms with Crippen LogP contribution in [0.5, 0.6) is 5.75 Å². The van der Waals surface area contributed by atoms with E-state index >= 15 is 0 Å². The minimum absolute atomic E-state index is 0.0312. The number of aromatic nitrogens is 1. The standard InChI is InChI=1S/C18H18N2O2/c21-15-6-7-16-14(12-20-17(16)11-15)8-9-19-18(22)10-13-4-2-1-3-5-13/h1-7,11-12,20-21H,8-10H2,(H,19,22). The number of amides is 1. The number of fused-ring (bicyclic) bond motifs is 1. The van der Waals surface area contributed by atoms with Crippen LogP contribution in [0.3, 0.4) is 0 Å². The molecule has 22 heavy (non-hydrogen) atoms. The van der Waals surface area contributed by atoms with Gasteiger partial charge in [0.2, 0.25) is 5.91 Å². The normalized spacial score (nSPS) is 10.7. The Balaban J connectivity index is 1.55. The van der Waals surface area contributed by atoms with E-state index in [0.29, 0.717) is 13.0 Å². The molecule has 0 unspecified atom stereocenters. The lowest BCUT2D eigenvalue weighted by molar-refractivity contribution is -0.120. The van der Waals surface area contributed by atoms with Crippen LogP contribution < -0.4 is 5.32 Å². The van der Waals surface area contributed by atoms with Crippen LogP contribution in [0.15, 0.2) is 54.7 Å². The Bertz CT molecular complexity index is 778. The van der Waals surface area contributed by atoms with E-state index in [9.17, 15) is 9.90 Å². The van der Waals surface area contributed by atoms with Gasteiger partial charge in [0, 0.05) is 29.7 Å². The van der Waals surface area contributed by atoms with Crippen LogP contribution in [0.2, 0.25) is 0 Å². The third-order valence-electron chi connectivity index (χ3n) is 3.68. The summed E-state index contributed by atoms with van der Waals surface area (Å²) < 4.78 is 0. The quantitative estimate of drug-likeness (QED) is 0.677. The van der Waals surface area contributed by atoms with Crippen LogP contribution >= 0.6 is 0 Å². The minimum Gasteiger partial charge on any atom is -0.508 e. The van der Waals surface area contributed by atoms with Crippen molar-refractivity contribution >= 4 is 16.8 Å². The summed E-state index contributed by atoms with van der Waals surface area (Å²) in [6.07, 6.45) is 3.08. The van der Waals surface area contributed by atoms with E-state index in [2.05, 4.69) is 10.3 Å². The van der Waals surface area contributed by atoms with Crippen LogP contribution in [-0.2, 0) is 17.6 Å². The molecule has 0 bridgehead atoms. The van der Waals surface area contributed by atoms with Gasteiger partial charge in [0.15, 0.2) is 0 Å². The number of hydrogen-bond acceptors (Lipinski definition) is 2. The predicted octanol–water partition coefficient (Wildman–Crippen LogP) is 2.77. The van der Waals surface area contributed by atoms with Gasteiger partial charge < -0.3 is 15.4 Å². The molecule has 0 saturated carbocycles. The summed E-state index contributed by atoms with van der Waals surface area (Å²) in [4.78, 5) is 15.0. The third-order valence-corrected chi connectivity index (χ3v) is 3.68. The number of rotatable bonds is 5. The van der Waals surface area contributed by atoms with E-state index in [-0.39, 0.29) is 11.7 Å². The Hall–Kier alpha value is -2.75. The molecular formula is C18H18N2O2. The van der Waals surface area contributed by atoms with Gasteiger partial charge in [-0.15, -0.1) is 0 Å². The number of benzene rings is 2. The molecule has 3 rings (SSSR count). The maximum Gasteiger partial charge on any atom is 0.224 e. The number of hydrogen-bond donors (Lipinski definition) is 3. The SMILES string of the molecule is O=C(Cc1ccccc1)NCCc1c[nH]c2cc(O)ccc12. The Labute approximate surface area is 128 Å². The van der Waals surface area contributed by atoms with Crippen molar-refractivity contribution < 1.29 is 9.90 Å². The first-order chi connectivity index (χ1) is 10.7. The largest absolute Gasteiger partial charge is 0.508 e. The first kappa shape index (κ1) is 14.2. The van der Waals surface area contributed by atoms with Crippen LogP contribution in [0.4, 0.5) is 0 Å². The fourth-order valence-electron chi connectivity index (χ4n) is 2.56. The molecule has 4 heteroatoms. The first-order valence-electron chi connectivity index (χ1n) is 7.32. The second kappa shape index (κ2) is 6.35. The van der Waals surface area contributed by atoms with Crippen LogP contribution in [0, 0.1) is 0 Å². The van der Waals surface area contributed by atoms with Gasteiger partial charge in [0.05, 0.1) is 6.42 Å². The van der Waals surface area contributed by atoms with E-state index < -0.39 is 0 Å². The van der Waals surface area contributed by atoms with Crippen molar-refractivity contribution in [1.29, 1.82) is 0 Å². The molecule has 1 aromatic heterocycles. The van der Waals surface area contributed by atoms with Crippen LogP contribution in [-0.4, -0.2) is 22.5 Å². The van der Waals surface area contributed by atoms with Gasteiger partial charge >= 0.3 is 0 Å². The fraction of sp³-hybridized carbons (Fsp3) is 0.167. The summed E-state index contributed by atoms with van der Waals surface area (Å²) in [6.45, 7) is 0.597. The number of H-pyrrole nitrogens is 1. The molecule has 0 aliphatic carbocycles. The molecular weight excluding hydrogens is 276 g/mol. The molecule has 0 saturated heterocycles. The lowest BCUT2D eigenvalue weighted by atomic mass is 10.1. The van der Waals surface area contributed by atoms with E-state index in [1.54, 1.807) is 12.1 Å². The smallest absolute Gasteiger partial charge is 0.224 e. The lowest BCUT2D eigenvalue weighted by Crippen LogP contribution is -2.27. The zero-order valence-corrected chi connectivity index (χ0v) is 12.2. The Morgan fingerprint density at radius 2 is 1.95 bits per heavy atom. The van der Waals surface area contributed by atoms with Crippen molar-refractivity contribution in [2.75, 3.05) is 6.54 Å². The second-order valence-corrected chi connectivity index (χ2v) is 5.31. The highest BCUT2D eigenvalue weighted by Gasteiger charge is 2.06. The first-order valence-corrected chi connectivity index (χ1v) is 7.32. The summed E-state index contributed by atoms with van der Waals surface area (Å²) >= 11 is 0. The zero-order valence-electron chi connectivity index (χ0n) is 12.2. The van der Waals surface area contributed by atoms with Crippen molar-refractivity contribution in [1.82, 2.24) is 10.3 Å². The molecule has 0 atom stereocenters. The van der Waals surface area contributed by atoms with Gasteiger partial charge in [-0.2, -0.15) is 0 Å². The summed E-state index contributed by atoms with van der Waals surface area (Å²) in [7, 11) is 0. The Morgan fingerprint density at radius 1 is 1.14 bits per heavy atom. The summed E-state index contributed by atoms with van der Waals surface area (Å²) in [5.41, 5.74) is 3.06. The van der Waals surface area contributed by atoms with Gasteiger partial charge in [-0.25, -0.2) is 0 Å². The highest BCUT2D eigenvalue weighted by Crippen LogP contribution is 2.22. The highest BCUT2D eigenvalue weighted by atomic mass is 16.3. The molecule has 1 heterocycles. The van der Waals surface area contributed by atoms with E-state index in [0.717, 1.165) is 28.5 Å². The molecule has 2 aromatic carbocycles. The van der Waals surface area contributed by atoms with Crippen molar-refractivity contribution in [2.24, 2.45) is 0 Å². The van der Waals surface area contributed by atoms with Gasteiger partial charge in [0.1, 0.15) is 5.75 Å². The molecule has 0 fully saturated rings. The molecule has 4 nitrogen and oxygen atoms in total. The molecule has 0 spiro atoms. The number of carbonyl (C=O) groups excluding carboxylic acids is 1. The van der Waals surface area contributed by atoms with Gasteiger partial charge in [-0.3, -0.25) is 4.79 Å². The van der Waals surface area contributed by atoms with E-state index in [1.165, 1.54) is 0 Å². The van der Waals surface area contributed by atoms with Gasteiger partial charge in [-0.05, 0) is 29.7 Å². The number of nitrogens with one attached hydrogen (secondary N) is 2. The molecule has 0 radical (unpaired) electrons. The maximum absolute atomic E-state index is 11.9. The van der Waals surface area contributed by atoms with E-state index in [1.807, 2.05) is 42.6 Å². The maximum atomic E-state index is 11.9. The van der Waals surface area contributed by atoms with Crippen LogP contribution in [0.25, 0.3) is 10.9 Å². The molecule has 3 aromatic rings. The Morgan fingerprint density at radius 3 is 2.77 bits per heavy atom. The minimum atomic E-state index is 0.0312. The molecule has 1 amide bonds. The fourth-order valence-corrected chi connectivity index (χ4v) is 2.56. The molecule has 112 valence electrons. The van der Waals surface area contributed by atoms with Crippen molar-refractivity contribution in [3.63, 3.8) is 0 Å². The highest BCUT2D eigenvalue weighted by molar-refractivity contribution is 5.84. The second-order valence-electron chi connectivity index (χ2n) is 5.31.